The molecule has 0 aromatic heterocycles. The van der Waals surface area contributed by atoms with Gasteiger partial charge in [0, 0.05) is 12.5 Å². The van der Waals surface area contributed by atoms with Crippen LogP contribution in [0.2, 0.25) is 0 Å². The molecule has 0 fully saturated rings. The van der Waals surface area contributed by atoms with Gasteiger partial charge in [0.2, 0.25) is 0 Å². The molecule has 4 rings (SSSR count). The molecule has 35 heavy (non-hydrogen) atoms. The van der Waals surface area contributed by atoms with Crippen LogP contribution in [0.4, 0.5) is 4.79 Å². The number of carboxylic acids is 1. The topological polar surface area (TPSA) is 84.9 Å². The molecule has 0 heterocycles. The fourth-order valence-electron chi connectivity index (χ4n) is 4.43. The van der Waals surface area contributed by atoms with Crippen molar-refractivity contribution in [3.63, 3.8) is 0 Å². The fourth-order valence-corrected chi connectivity index (χ4v) is 4.43. The van der Waals surface area contributed by atoms with E-state index in [1.807, 2.05) is 69.3 Å². The minimum absolute atomic E-state index is 0.0216. The normalized spacial score (nSPS) is 13.5. The summed E-state index contributed by atoms with van der Waals surface area (Å²) in [6.45, 7) is 6.07. The van der Waals surface area contributed by atoms with Crippen LogP contribution in [0, 0.1) is 5.92 Å². The predicted molar refractivity (Wildman–Crippen MR) is 135 cm³/mol. The highest BCUT2D eigenvalue weighted by atomic mass is 16.5. The van der Waals surface area contributed by atoms with Gasteiger partial charge in [0.15, 0.2) is 0 Å². The van der Waals surface area contributed by atoms with Gasteiger partial charge in [-0.25, -0.2) is 4.79 Å². The lowest BCUT2D eigenvalue weighted by Crippen LogP contribution is -2.35. The fraction of sp³-hybridized carbons (Fsp3) is 0.310. The molecule has 6 nitrogen and oxygen atoms in total. The van der Waals surface area contributed by atoms with E-state index in [9.17, 15) is 14.7 Å². The van der Waals surface area contributed by atoms with E-state index in [1.54, 1.807) is 0 Å². The third-order valence-corrected chi connectivity index (χ3v) is 6.02. The maximum absolute atomic E-state index is 12.4. The van der Waals surface area contributed by atoms with Gasteiger partial charge < -0.3 is 19.9 Å². The third-order valence-electron chi connectivity index (χ3n) is 6.02. The van der Waals surface area contributed by atoms with E-state index in [0.29, 0.717) is 0 Å². The Morgan fingerprint density at radius 3 is 2.03 bits per heavy atom. The molecule has 3 aromatic rings. The second kappa shape index (κ2) is 10.2. The average molecular weight is 474 g/mol. The van der Waals surface area contributed by atoms with E-state index in [2.05, 4.69) is 29.6 Å². The number of nitrogens with one attached hydrogen (secondary N) is 1. The second-order valence-electron chi connectivity index (χ2n) is 9.80. The minimum Gasteiger partial charge on any atom is -0.488 e. The lowest BCUT2D eigenvalue weighted by atomic mass is 9.98. The standard InChI is InChI=1S/C29H31NO5/c1-29(2,3)35-21-14-12-19(13-15-21)16-20(27(31)32)17-30-28(33)34-18-26-24-10-6-4-8-22(24)23-9-5-7-11-25(23)26/h4-15,20,26H,16-18H2,1-3H3,(H,30,33)(H,31,32)/t20-/m1/s1. The first-order valence-corrected chi connectivity index (χ1v) is 11.8. The van der Waals surface area contributed by atoms with Crippen molar-refractivity contribution in [2.24, 2.45) is 5.92 Å². The van der Waals surface area contributed by atoms with Gasteiger partial charge in [-0.05, 0) is 67.1 Å². The van der Waals surface area contributed by atoms with E-state index in [-0.39, 0.29) is 31.1 Å². The molecule has 1 atom stereocenters. The molecule has 0 saturated heterocycles. The number of rotatable bonds is 8. The number of ether oxygens (including phenoxy) is 2. The highest BCUT2D eigenvalue weighted by Crippen LogP contribution is 2.44. The monoisotopic (exact) mass is 473 g/mol. The van der Waals surface area contributed by atoms with E-state index < -0.39 is 18.0 Å². The Balaban J connectivity index is 1.32. The zero-order chi connectivity index (χ0) is 25.0. The molecule has 1 amide bonds. The van der Waals surface area contributed by atoms with Gasteiger partial charge in [-0.15, -0.1) is 0 Å². The molecule has 0 aliphatic heterocycles. The summed E-state index contributed by atoms with van der Waals surface area (Å²) in [6, 6.07) is 23.6. The summed E-state index contributed by atoms with van der Waals surface area (Å²) >= 11 is 0. The quantitative estimate of drug-likeness (QED) is 0.442. The maximum Gasteiger partial charge on any atom is 0.407 e. The SMILES string of the molecule is CC(C)(C)Oc1ccc(C[C@H](CNC(=O)OCC2c3ccccc3-c3ccccc32)C(=O)O)cc1. The van der Waals surface area contributed by atoms with Crippen molar-refractivity contribution in [1.82, 2.24) is 5.32 Å². The lowest BCUT2D eigenvalue weighted by Gasteiger charge is -2.21. The van der Waals surface area contributed by atoms with Crippen LogP contribution in [0.1, 0.15) is 43.4 Å². The van der Waals surface area contributed by atoms with Crippen molar-refractivity contribution >= 4 is 12.1 Å². The number of carboxylic acid groups (broad SMARTS) is 1. The first kappa shape index (κ1) is 24.3. The molecular formula is C29H31NO5. The molecule has 0 radical (unpaired) electrons. The number of hydrogen-bond acceptors (Lipinski definition) is 4. The lowest BCUT2D eigenvalue weighted by molar-refractivity contribution is -0.141. The molecule has 0 bridgehead atoms. The molecule has 3 aromatic carbocycles. The first-order chi connectivity index (χ1) is 16.7. The number of fused-ring (bicyclic) bond motifs is 3. The van der Waals surface area contributed by atoms with Gasteiger partial charge in [0.1, 0.15) is 18.0 Å². The summed E-state index contributed by atoms with van der Waals surface area (Å²) in [7, 11) is 0. The third kappa shape index (κ3) is 6.01. The largest absolute Gasteiger partial charge is 0.488 e. The zero-order valence-electron chi connectivity index (χ0n) is 20.3. The van der Waals surface area contributed by atoms with Crippen LogP contribution >= 0.6 is 0 Å². The van der Waals surface area contributed by atoms with Crippen LogP contribution < -0.4 is 10.1 Å². The van der Waals surface area contributed by atoms with Crippen molar-refractivity contribution in [2.45, 2.75) is 38.7 Å². The Hall–Kier alpha value is -3.80. The van der Waals surface area contributed by atoms with Gasteiger partial charge in [-0.3, -0.25) is 4.79 Å². The number of benzene rings is 3. The van der Waals surface area contributed by atoms with Crippen molar-refractivity contribution in [3.05, 3.63) is 89.5 Å². The number of amides is 1. The number of carbonyl (C=O) groups excluding carboxylic acids is 1. The molecule has 0 spiro atoms. The van der Waals surface area contributed by atoms with Crippen molar-refractivity contribution in [2.75, 3.05) is 13.2 Å². The summed E-state index contributed by atoms with van der Waals surface area (Å²) < 4.78 is 11.3. The molecule has 6 heteroatoms. The molecule has 0 saturated carbocycles. The number of hydrogen-bond donors (Lipinski definition) is 2. The molecule has 0 unspecified atom stereocenters. The number of aliphatic carboxylic acids is 1. The Morgan fingerprint density at radius 2 is 1.49 bits per heavy atom. The summed E-state index contributed by atoms with van der Waals surface area (Å²) in [5.74, 6) is -1.06. The van der Waals surface area contributed by atoms with E-state index in [1.165, 1.54) is 0 Å². The van der Waals surface area contributed by atoms with Gasteiger partial charge >= 0.3 is 12.1 Å². The van der Waals surface area contributed by atoms with Crippen molar-refractivity contribution in [3.8, 4) is 16.9 Å². The van der Waals surface area contributed by atoms with E-state index in [4.69, 9.17) is 9.47 Å². The van der Waals surface area contributed by atoms with E-state index >= 15 is 0 Å². The van der Waals surface area contributed by atoms with Crippen molar-refractivity contribution < 1.29 is 24.2 Å². The molecule has 1 aliphatic rings. The van der Waals surface area contributed by atoms with Gasteiger partial charge in [0.25, 0.3) is 0 Å². The first-order valence-electron chi connectivity index (χ1n) is 11.8. The molecular weight excluding hydrogens is 442 g/mol. The highest BCUT2D eigenvalue weighted by Gasteiger charge is 2.29. The number of alkyl carbamates (subject to hydrolysis) is 1. The van der Waals surface area contributed by atoms with Gasteiger partial charge in [0.05, 0.1) is 5.92 Å². The predicted octanol–water partition coefficient (Wildman–Crippen LogP) is 5.65. The second-order valence-corrected chi connectivity index (χ2v) is 9.80. The summed E-state index contributed by atoms with van der Waals surface area (Å²) in [6.07, 6.45) is -0.332. The van der Waals surface area contributed by atoms with E-state index in [0.717, 1.165) is 33.6 Å². The van der Waals surface area contributed by atoms with Crippen LogP contribution in [-0.4, -0.2) is 35.9 Å². The smallest absolute Gasteiger partial charge is 0.407 e. The van der Waals surface area contributed by atoms with Crippen LogP contribution in [0.5, 0.6) is 5.75 Å². The summed E-state index contributed by atoms with van der Waals surface area (Å²) in [5, 5.41) is 12.3. The van der Waals surface area contributed by atoms with Gasteiger partial charge in [-0.1, -0.05) is 60.7 Å². The Labute approximate surface area is 205 Å². The van der Waals surface area contributed by atoms with Crippen molar-refractivity contribution in [1.29, 1.82) is 0 Å². The van der Waals surface area contributed by atoms with Crippen LogP contribution in [-0.2, 0) is 16.0 Å². The summed E-state index contributed by atoms with van der Waals surface area (Å²) in [5.41, 5.74) is 5.11. The zero-order valence-corrected chi connectivity index (χ0v) is 20.3. The maximum atomic E-state index is 12.4. The van der Waals surface area contributed by atoms with Crippen LogP contribution in [0.3, 0.4) is 0 Å². The van der Waals surface area contributed by atoms with Gasteiger partial charge in [-0.2, -0.15) is 0 Å². The molecule has 182 valence electrons. The summed E-state index contributed by atoms with van der Waals surface area (Å²) in [4.78, 5) is 24.2. The highest BCUT2D eigenvalue weighted by molar-refractivity contribution is 5.79. The molecule has 1 aliphatic carbocycles. The van der Waals surface area contributed by atoms with Crippen LogP contribution in [0.25, 0.3) is 11.1 Å². The van der Waals surface area contributed by atoms with Crippen LogP contribution in [0.15, 0.2) is 72.8 Å². The Kier molecular flexibility index (Phi) is 7.10. The Morgan fingerprint density at radius 1 is 0.914 bits per heavy atom. The average Bonchev–Trinajstić information content (AvgIpc) is 3.14. The molecule has 2 N–H and O–H groups in total. The Bertz CT molecular complexity index is 1150. The number of carbonyl (C=O) groups is 2. The minimum atomic E-state index is -0.973.